The second-order valence-corrected chi connectivity index (χ2v) is 7.50. The van der Waals surface area contributed by atoms with E-state index in [1.165, 1.54) is 0 Å². The van der Waals surface area contributed by atoms with E-state index in [2.05, 4.69) is 36.1 Å². The third-order valence-electron chi connectivity index (χ3n) is 5.08. The largest absolute Gasteiger partial charge is 0.489 e. The summed E-state index contributed by atoms with van der Waals surface area (Å²) in [4.78, 5) is 15.0. The van der Waals surface area contributed by atoms with E-state index in [1.807, 2.05) is 50.2 Å². The van der Waals surface area contributed by atoms with Crippen molar-refractivity contribution in [1.29, 1.82) is 0 Å². The van der Waals surface area contributed by atoms with Crippen LogP contribution in [0.1, 0.15) is 48.1 Å². The number of benzene rings is 2. The maximum atomic E-state index is 12.7. The zero-order chi connectivity index (χ0) is 21.7. The molecule has 1 amide bonds. The van der Waals surface area contributed by atoms with Gasteiger partial charge in [0.2, 0.25) is 0 Å². The Bertz CT molecular complexity index is 974. The number of anilines is 2. The monoisotopic (exact) mass is 407 g/mol. The van der Waals surface area contributed by atoms with Gasteiger partial charge < -0.3 is 19.5 Å². The highest BCUT2D eigenvalue weighted by molar-refractivity contribution is 6.04. The Labute approximate surface area is 177 Å². The molecule has 3 rings (SSSR count). The summed E-state index contributed by atoms with van der Waals surface area (Å²) >= 11 is 0. The molecule has 0 atom stereocenters. The number of aryl methyl sites for hydroxylation is 2. The zero-order valence-electron chi connectivity index (χ0n) is 18.2. The summed E-state index contributed by atoms with van der Waals surface area (Å²) in [5.74, 6) is 1.18. The minimum absolute atomic E-state index is 0.179. The van der Waals surface area contributed by atoms with Gasteiger partial charge in [-0.05, 0) is 77.1 Å². The summed E-state index contributed by atoms with van der Waals surface area (Å²) < 4.78 is 11.0. The molecular formula is C24H29N3O3. The number of hydrogen-bond donors (Lipinski definition) is 1. The van der Waals surface area contributed by atoms with Crippen molar-refractivity contribution >= 4 is 17.3 Å². The topological polar surface area (TPSA) is 67.6 Å². The Morgan fingerprint density at radius 3 is 2.50 bits per heavy atom. The standard InChI is InChI=1S/C24H29N3O3/c1-6-27(16(2)3)21-12-10-20(11-13-21)25-24(28)19-8-7-9-22(14-19)29-15-23-17(4)26-30-18(23)5/h7-14,16H,6,15H2,1-5H3,(H,25,28). The van der Waals surface area contributed by atoms with Crippen LogP contribution < -0.4 is 15.0 Å². The van der Waals surface area contributed by atoms with Crippen molar-refractivity contribution in [1.82, 2.24) is 5.16 Å². The number of nitrogens with zero attached hydrogens (tertiary/aromatic N) is 2. The third-order valence-corrected chi connectivity index (χ3v) is 5.08. The molecule has 1 aromatic heterocycles. The van der Waals surface area contributed by atoms with E-state index in [4.69, 9.17) is 9.26 Å². The first-order valence-corrected chi connectivity index (χ1v) is 10.2. The van der Waals surface area contributed by atoms with Crippen LogP contribution >= 0.6 is 0 Å². The first kappa shape index (κ1) is 21.4. The molecule has 3 aromatic rings. The maximum Gasteiger partial charge on any atom is 0.255 e. The summed E-state index contributed by atoms with van der Waals surface area (Å²) in [7, 11) is 0. The van der Waals surface area contributed by atoms with Crippen molar-refractivity contribution < 1.29 is 14.1 Å². The average molecular weight is 408 g/mol. The molecule has 6 nitrogen and oxygen atoms in total. The normalized spacial score (nSPS) is 10.9. The Morgan fingerprint density at radius 2 is 1.90 bits per heavy atom. The number of carbonyl (C=O) groups excluding carboxylic acids is 1. The molecule has 0 aliphatic heterocycles. The molecule has 0 aliphatic rings. The van der Waals surface area contributed by atoms with Gasteiger partial charge in [-0.15, -0.1) is 0 Å². The maximum absolute atomic E-state index is 12.7. The lowest BCUT2D eigenvalue weighted by molar-refractivity contribution is 0.102. The molecule has 1 N–H and O–H groups in total. The van der Waals surface area contributed by atoms with E-state index < -0.39 is 0 Å². The van der Waals surface area contributed by atoms with E-state index >= 15 is 0 Å². The second kappa shape index (κ2) is 9.48. The van der Waals surface area contributed by atoms with E-state index in [-0.39, 0.29) is 5.91 Å². The average Bonchev–Trinajstić information content (AvgIpc) is 3.05. The quantitative estimate of drug-likeness (QED) is 0.545. The van der Waals surface area contributed by atoms with Crippen LogP contribution in [0, 0.1) is 13.8 Å². The molecule has 6 heteroatoms. The van der Waals surface area contributed by atoms with E-state index in [0.717, 1.165) is 34.9 Å². The SMILES string of the molecule is CCN(c1ccc(NC(=O)c2cccc(OCc3c(C)noc3C)c2)cc1)C(C)C. The summed E-state index contributed by atoms with van der Waals surface area (Å²) in [6.45, 7) is 11.5. The van der Waals surface area contributed by atoms with Gasteiger partial charge in [0.15, 0.2) is 0 Å². The number of rotatable bonds is 8. The smallest absolute Gasteiger partial charge is 0.255 e. The van der Waals surface area contributed by atoms with Gasteiger partial charge in [0, 0.05) is 29.5 Å². The molecule has 0 radical (unpaired) electrons. The van der Waals surface area contributed by atoms with Gasteiger partial charge in [0.05, 0.1) is 11.3 Å². The van der Waals surface area contributed by atoms with Gasteiger partial charge in [-0.2, -0.15) is 0 Å². The first-order valence-electron chi connectivity index (χ1n) is 10.2. The van der Waals surface area contributed by atoms with Crippen molar-refractivity contribution in [2.75, 3.05) is 16.8 Å². The van der Waals surface area contributed by atoms with E-state index in [0.29, 0.717) is 24.0 Å². The molecule has 0 fully saturated rings. The predicted molar refractivity (Wildman–Crippen MR) is 119 cm³/mol. The number of carbonyl (C=O) groups is 1. The molecular weight excluding hydrogens is 378 g/mol. The van der Waals surface area contributed by atoms with Gasteiger partial charge in [-0.3, -0.25) is 4.79 Å². The third kappa shape index (κ3) is 5.00. The van der Waals surface area contributed by atoms with Crippen molar-refractivity contribution in [3.8, 4) is 5.75 Å². The van der Waals surface area contributed by atoms with Crippen LogP contribution in [0.15, 0.2) is 53.1 Å². The fourth-order valence-electron chi connectivity index (χ4n) is 3.38. The van der Waals surface area contributed by atoms with Gasteiger partial charge in [-0.1, -0.05) is 11.2 Å². The molecule has 0 bridgehead atoms. The molecule has 2 aromatic carbocycles. The van der Waals surface area contributed by atoms with Gasteiger partial charge in [-0.25, -0.2) is 0 Å². The number of amides is 1. The summed E-state index contributed by atoms with van der Waals surface area (Å²) in [5.41, 5.74) is 4.16. The Balaban J connectivity index is 1.65. The van der Waals surface area contributed by atoms with Crippen LogP contribution in [0.25, 0.3) is 0 Å². The van der Waals surface area contributed by atoms with Crippen LogP contribution in [0.2, 0.25) is 0 Å². The number of hydrogen-bond acceptors (Lipinski definition) is 5. The lowest BCUT2D eigenvalue weighted by Crippen LogP contribution is -2.30. The lowest BCUT2D eigenvalue weighted by atomic mass is 10.2. The van der Waals surface area contributed by atoms with Crippen LogP contribution in [-0.4, -0.2) is 23.7 Å². The molecule has 0 saturated carbocycles. The second-order valence-electron chi connectivity index (χ2n) is 7.50. The summed E-state index contributed by atoms with van der Waals surface area (Å²) in [6.07, 6.45) is 0. The van der Waals surface area contributed by atoms with Gasteiger partial charge in [0.25, 0.3) is 5.91 Å². The fraction of sp³-hybridized carbons (Fsp3) is 0.333. The highest BCUT2D eigenvalue weighted by Crippen LogP contribution is 2.22. The van der Waals surface area contributed by atoms with Crippen LogP contribution in [0.3, 0.4) is 0 Å². The van der Waals surface area contributed by atoms with Crippen molar-refractivity contribution in [3.05, 3.63) is 71.1 Å². The minimum atomic E-state index is -0.179. The summed E-state index contributed by atoms with van der Waals surface area (Å²) in [5, 5.41) is 6.88. The van der Waals surface area contributed by atoms with Crippen molar-refractivity contribution in [2.24, 2.45) is 0 Å². The molecule has 0 aliphatic carbocycles. The molecule has 1 heterocycles. The van der Waals surface area contributed by atoms with Crippen LogP contribution in [0.4, 0.5) is 11.4 Å². The van der Waals surface area contributed by atoms with Crippen molar-refractivity contribution in [3.63, 3.8) is 0 Å². The van der Waals surface area contributed by atoms with Crippen LogP contribution in [0.5, 0.6) is 5.75 Å². The molecule has 30 heavy (non-hydrogen) atoms. The van der Waals surface area contributed by atoms with Gasteiger partial charge >= 0.3 is 0 Å². The van der Waals surface area contributed by atoms with Gasteiger partial charge in [0.1, 0.15) is 18.1 Å². The Kier molecular flexibility index (Phi) is 6.77. The predicted octanol–water partition coefficient (Wildman–Crippen LogP) is 5.36. The van der Waals surface area contributed by atoms with Crippen molar-refractivity contribution in [2.45, 2.75) is 47.3 Å². The number of aromatic nitrogens is 1. The lowest BCUT2D eigenvalue weighted by Gasteiger charge is -2.27. The highest BCUT2D eigenvalue weighted by atomic mass is 16.5. The van der Waals surface area contributed by atoms with Crippen LogP contribution in [-0.2, 0) is 6.61 Å². The zero-order valence-corrected chi connectivity index (χ0v) is 18.2. The first-order chi connectivity index (χ1) is 14.4. The fourth-order valence-corrected chi connectivity index (χ4v) is 3.38. The minimum Gasteiger partial charge on any atom is -0.489 e. The Hall–Kier alpha value is -3.28. The Morgan fingerprint density at radius 1 is 1.17 bits per heavy atom. The molecule has 0 unspecified atom stereocenters. The number of ether oxygens (including phenoxy) is 1. The van der Waals surface area contributed by atoms with E-state index in [9.17, 15) is 4.79 Å². The highest BCUT2D eigenvalue weighted by Gasteiger charge is 2.12. The molecule has 0 saturated heterocycles. The number of nitrogens with one attached hydrogen (secondary N) is 1. The van der Waals surface area contributed by atoms with E-state index in [1.54, 1.807) is 12.1 Å². The summed E-state index contributed by atoms with van der Waals surface area (Å²) in [6, 6.07) is 15.5. The molecule has 0 spiro atoms. The molecule has 158 valence electrons.